The van der Waals surface area contributed by atoms with Crippen LogP contribution in [0.4, 0.5) is 11.5 Å². The highest BCUT2D eigenvalue weighted by Crippen LogP contribution is 2.23. The number of benzene rings is 1. The van der Waals surface area contributed by atoms with Crippen LogP contribution in [0.15, 0.2) is 36.5 Å². The number of halogens is 2. The molecule has 2 N–H and O–H groups in total. The average molecular weight is 324 g/mol. The first-order valence-corrected chi connectivity index (χ1v) is 6.71. The standard InChI is InChI=1S/C14H11Cl2N3O2/c1-8(20)18-13-4-9(2-3-17-13)14(21)19-12-6-10(15)5-11(16)7-12/h2-7H,1H3,(H,19,21)(H,17,18,20). The summed E-state index contributed by atoms with van der Waals surface area (Å²) in [5, 5.41) is 6.03. The summed E-state index contributed by atoms with van der Waals surface area (Å²) in [5.74, 6) is -0.316. The molecule has 0 aliphatic carbocycles. The number of rotatable bonds is 3. The van der Waals surface area contributed by atoms with Crippen molar-refractivity contribution in [2.75, 3.05) is 10.6 Å². The Labute approximate surface area is 131 Å². The van der Waals surface area contributed by atoms with Gasteiger partial charge in [-0.05, 0) is 30.3 Å². The topological polar surface area (TPSA) is 71.1 Å². The molecule has 1 heterocycles. The van der Waals surface area contributed by atoms with Gasteiger partial charge in [-0.3, -0.25) is 9.59 Å². The Balaban J connectivity index is 2.18. The van der Waals surface area contributed by atoms with E-state index in [-0.39, 0.29) is 11.8 Å². The summed E-state index contributed by atoms with van der Waals surface area (Å²) in [6.45, 7) is 1.36. The van der Waals surface area contributed by atoms with E-state index in [0.717, 1.165) is 0 Å². The van der Waals surface area contributed by atoms with Crippen LogP contribution < -0.4 is 10.6 Å². The second-order valence-electron chi connectivity index (χ2n) is 4.22. The molecule has 108 valence electrons. The zero-order valence-electron chi connectivity index (χ0n) is 11.0. The number of carbonyl (C=O) groups is 2. The van der Waals surface area contributed by atoms with Gasteiger partial charge in [0.25, 0.3) is 5.91 Å². The van der Waals surface area contributed by atoms with Crippen LogP contribution in [0.25, 0.3) is 0 Å². The van der Waals surface area contributed by atoms with Gasteiger partial charge in [-0.2, -0.15) is 0 Å². The first-order valence-electron chi connectivity index (χ1n) is 5.95. The number of aromatic nitrogens is 1. The number of nitrogens with one attached hydrogen (secondary N) is 2. The van der Waals surface area contributed by atoms with Gasteiger partial charge in [-0.25, -0.2) is 4.98 Å². The molecule has 2 amide bonds. The maximum atomic E-state index is 12.1. The van der Waals surface area contributed by atoms with Gasteiger partial charge in [-0.1, -0.05) is 23.2 Å². The molecule has 0 atom stereocenters. The number of carbonyl (C=O) groups excluding carboxylic acids is 2. The molecule has 0 aliphatic heterocycles. The van der Waals surface area contributed by atoms with Crippen molar-refractivity contribution < 1.29 is 9.59 Å². The Morgan fingerprint density at radius 2 is 1.71 bits per heavy atom. The SMILES string of the molecule is CC(=O)Nc1cc(C(=O)Nc2cc(Cl)cc(Cl)c2)ccn1. The fraction of sp³-hybridized carbons (Fsp3) is 0.0714. The van der Waals surface area contributed by atoms with E-state index in [9.17, 15) is 9.59 Å². The van der Waals surface area contributed by atoms with E-state index in [0.29, 0.717) is 27.1 Å². The Morgan fingerprint density at radius 1 is 1.05 bits per heavy atom. The fourth-order valence-electron chi connectivity index (χ4n) is 1.65. The van der Waals surface area contributed by atoms with E-state index >= 15 is 0 Å². The lowest BCUT2D eigenvalue weighted by molar-refractivity contribution is -0.114. The third kappa shape index (κ3) is 4.44. The van der Waals surface area contributed by atoms with Crippen LogP contribution in [-0.4, -0.2) is 16.8 Å². The van der Waals surface area contributed by atoms with Crippen LogP contribution >= 0.6 is 23.2 Å². The second-order valence-corrected chi connectivity index (χ2v) is 5.10. The van der Waals surface area contributed by atoms with Crippen LogP contribution in [0.3, 0.4) is 0 Å². The molecule has 21 heavy (non-hydrogen) atoms. The molecule has 0 bridgehead atoms. The largest absolute Gasteiger partial charge is 0.322 e. The van der Waals surface area contributed by atoms with Gasteiger partial charge < -0.3 is 10.6 Å². The van der Waals surface area contributed by atoms with Crippen LogP contribution in [0.5, 0.6) is 0 Å². The van der Waals surface area contributed by atoms with E-state index < -0.39 is 0 Å². The summed E-state index contributed by atoms with van der Waals surface area (Å²) in [4.78, 5) is 27.1. The van der Waals surface area contributed by atoms with Gasteiger partial charge in [0.15, 0.2) is 0 Å². The molecular weight excluding hydrogens is 313 g/mol. The normalized spacial score (nSPS) is 10.0. The predicted octanol–water partition coefficient (Wildman–Crippen LogP) is 3.60. The Kier molecular flexibility index (Phi) is 4.77. The van der Waals surface area contributed by atoms with Crippen molar-refractivity contribution in [3.8, 4) is 0 Å². The van der Waals surface area contributed by atoms with Gasteiger partial charge in [0.05, 0.1) is 0 Å². The lowest BCUT2D eigenvalue weighted by Crippen LogP contribution is -2.13. The summed E-state index contributed by atoms with van der Waals surface area (Å²) in [7, 11) is 0. The molecule has 7 heteroatoms. The molecule has 0 spiro atoms. The number of nitrogens with zero attached hydrogens (tertiary/aromatic N) is 1. The Morgan fingerprint density at radius 3 is 2.33 bits per heavy atom. The summed E-state index contributed by atoms with van der Waals surface area (Å²) in [5.41, 5.74) is 0.834. The first-order chi connectivity index (χ1) is 9.94. The molecule has 0 radical (unpaired) electrons. The van der Waals surface area contributed by atoms with Crippen molar-refractivity contribution in [3.63, 3.8) is 0 Å². The van der Waals surface area contributed by atoms with Crippen molar-refractivity contribution in [1.29, 1.82) is 0 Å². The molecule has 5 nitrogen and oxygen atoms in total. The molecule has 0 saturated heterocycles. The monoisotopic (exact) mass is 323 g/mol. The third-order valence-corrected chi connectivity index (χ3v) is 2.88. The highest BCUT2D eigenvalue weighted by molar-refractivity contribution is 6.35. The van der Waals surface area contributed by atoms with E-state index in [2.05, 4.69) is 15.6 Å². The number of hydrogen-bond acceptors (Lipinski definition) is 3. The quantitative estimate of drug-likeness (QED) is 0.906. The van der Waals surface area contributed by atoms with Crippen molar-refractivity contribution >= 4 is 46.5 Å². The average Bonchev–Trinajstić information content (AvgIpc) is 2.36. The highest BCUT2D eigenvalue weighted by atomic mass is 35.5. The van der Waals surface area contributed by atoms with E-state index in [4.69, 9.17) is 23.2 Å². The van der Waals surface area contributed by atoms with E-state index in [1.165, 1.54) is 25.3 Å². The maximum absolute atomic E-state index is 12.1. The first kappa shape index (κ1) is 15.3. The third-order valence-electron chi connectivity index (χ3n) is 2.45. The Hall–Kier alpha value is -2.11. The molecule has 1 aromatic carbocycles. The zero-order chi connectivity index (χ0) is 15.4. The highest BCUT2D eigenvalue weighted by Gasteiger charge is 2.09. The van der Waals surface area contributed by atoms with Crippen molar-refractivity contribution in [2.45, 2.75) is 6.92 Å². The summed E-state index contributed by atoms with van der Waals surface area (Å²) < 4.78 is 0. The van der Waals surface area contributed by atoms with Gasteiger partial charge in [-0.15, -0.1) is 0 Å². The minimum absolute atomic E-state index is 0.262. The number of anilines is 2. The zero-order valence-corrected chi connectivity index (χ0v) is 12.5. The molecule has 2 rings (SSSR count). The summed E-state index contributed by atoms with van der Waals surface area (Å²) >= 11 is 11.7. The molecule has 1 aromatic heterocycles. The summed E-state index contributed by atoms with van der Waals surface area (Å²) in [6.07, 6.45) is 1.44. The van der Waals surface area contributed by atoms with E-state index in [1.54, 1.807) is 18.2 Å². The summed E-state index contributed by atoms with van der Waals surface area (Å²) in [6, 6.07) is 7.75. The predicted molar refractivity (Wildman–Crippen MR) is 83.0 cm³/mol. The maximum Gasteiger partial charge on any atom is 0.255 e. The fourth-order valence-corrected chi connectivity index (χ4v) is 2.18. The molecule has 2 aromatic rings. The molecule has 0 saturated carbocycles. The molecule has 0 unspecified atom stereocenters. The lowest BCUT2D eigenvalue weighted by Gasteiger charge is -2.07. The van der Waals surface area contributed by atoms with Gasteiger partial charge >= 0.3 is 0 Å². The Bertz CT molecular complexity index is 684. The van der Waals surface area contributed by atoms with Crippen LogP contribution in [0.1, 0.15) is 17.3 Å². The molecule has 0 aliphatic rings. The lowest BCUT2D eigenvalue weighted by atomic mass is 10.2. The number of amides is 2. The van der Waals surface area contributed by atoms with Gasteiger partial charge in [0, 0.05) is 34.4 Å². The molecular formula is C14H11Cl2N3O2. The van der Waals surface area contributed by atoms with Gasteiger partial charge in [0.2, 0.25) is 5.91 Å². The van der Waals surface area contributed by atoms with Crippen LogP contribution in [0, 0.1) is 0 Å². The van der Waals surface area contributed by atoms with Crippen molar-refractivity contribution in [3.05, 3.63) is 52.1 Å². The van der Waals surface area contributed by atoms with Crippen LogP contribution in [-0.2, 0) is 4.79 Å². The van der Waals surface area contributed by atoms with Crippen LogP contribution in [0.2, 0.25) is 10.0 Å². The molecule has 0 fully saturated rings. The smallest absolute Gasteiger partial charge is 0.255 e. The minimum atomic E-state index is -0.359. The number of hydrogen-bond donors (Lipinski definition) is 2. The second kappa shape index (κ2) is 6.56. The van der Waals surface area contributed by atoms with E-state index in [1.807, 2.05) is 0 Å². The minimum Gasteiger partial charge on any atom is -0.322 e. The number of pyridine rings is 1. The van der Waals surface area contributed by atoms with Gasteiger partial charge in [0.1, 0.15) is 5.82 Å². The van der Waals surface area contributed by atoms with Crippen molar-refractivity contribution in [2.24, 2.45) is 0 Å². The van der Waals surface area contributed by atoms with Crippen molar-refractivity contribution in [1.82, 2.24) is 4.98 Å².